The molecule has 0 spiro atoms. The smallest absolute Gasteiger partial charge is 0.409 e. The largest absolute Gasteiger partial charge is 0.493 e. The highest BCUT2D eigenvalue weighted by molar-refractivity contribution is 7.99. The predicted molar refractivity (Wildman–Crippen MR) is 264 cm³/mol. The van der Waals surface area contributed by atoms with Crippen LogP contribution in [-0.2, 0) is 31.8 Å². The van der Waals surface area contributed by atoms with Crippen LogP contribution in [0.15, 0.2) is 67.3 Å². The molecular weight excluding hydrogens is 897 g/mol. The van der Waals surface area contributed by atoms with Crippen molar-refractivity contribution in [1.29, 1.82) is 5.26 Å². The summed E-state index contributed by atoms with van der Waals surface area (Å²) >= 11 is 1.72. The number of likely N-dealkylation sites (N-methyl/N-ethyl adjacent to an activating group) is 1. The highest BCUT2D eigenvalue weighted by atomic mass is 32.2. The first kappa shape index (κ1) is 48.5. The van der Waals surface area contributed by atoms with Crippen LogP contribution in [-0.4, -0.2) is 119 Å². The van der Waals surface area contributed by atoms with Crippen LogP contribution in [0, 0.1) is 25.2 Å². The van der Waals surface area contributed by atoms with E-state index in [-0.39, 0.29) is 50.8 Å². The summed E-state index contributed by atoms with van der Waals surface area (Å²) in [6.07, 6.45) is 1.46. The van der Waals surface area contributed by atoms with Gasteiger partial charge in [-0.1, -0.05) is 67.3 Å². The monoisotopic (exact) mass is 960 g/mol. The number of amides is 1. The zero-order chi connectivity index (χ0) is 48.6. The van der Waals surface area contributed by atoms with Crippen molar-refractivity contribution < 1.29 is 47.4 Å². The van der Waals surface area contributed by atoms with Gasteiger partial charge in [0.15, 0.2) is 29.8 Å². The van der Waals surface area contributed by atoms with Gasteiger partial charge in [-0.15, -0.1) is 0 Å². The van der Waals surface area contributed by atoms with E-state index in [2.05, 4.69) is 89.4 Å². The SMILES string of the molecule is C=CCOc1c(C)c2c(c3c1CC1[C@H]4c5c(cc(C)c(OC)c5OCOCCOC)C[C@@H]([C@H](C#N)N1[C@H]3COC(CSCC1c3ccccc3-c3ccccc31)NC(=O)OC(C)(C)C)N4C)OCO2. The minimum atomic E-state index is -0.772. The van der Waals surface area contributed by atoms with Crippen molar-refractivity contribution in [3.05, 3.63) is 112 Å². The fourth-order valence-electron chi connectivity index (χ4n) is 11.3. The quantitative estimate of drug-likeness (QED) is 0.0577. The first-order valence-electron chi connectivity index (χ1n) is 23.7. The lowest BCUT2D eigenvalue weighted by Gasteiger charge is -2.60. The van der Waals surface area contributed by atoms with Gasteiger partial charge < -0.3 is 42.6 Å². The number of hydrogen-bond acceptors (Lipinski definition) is 14. The first-order chi connectivity index (χ1) is 33.4. The Kier molecular flexibility index (Phi) is 14.4. The van der Waals surface area contributed by atoms with Gasteiger partial charge in [0.2, 0.25) is 6.79 Å². The van der Waals surface area contributed by atoms with Crippen molar-refractivity contribution in [3.63, 3.8) is 0 Å². The molecule has 4 aliphatic heterocycles. The van der Waals surface area contributed by atoms with E-state index in [0.717, 1.165) is 39.1 Å². The molecule has 6 atom stereocenters. The maximum Gasteiger partial charge on any atom is 0.409 e. The number of methoxy groups -OCH3 is 2. The molecule has 1 saturated heterocycles. The van der Waals surface area contributed by atoms with Crippen molar-refractivity contribution in [2.24, 2.45) is 0 Å². The summed E-state index contributed by atoms with van der Waals surface area (Å²) in [5.74, 6) is 4.52. The first-order valence-corrected chi connectivity index (χ1v) is 24.9. The van der Waals surface area contributed by atoms with Crippen LogP contribution in [0.4, 0.5) is 4.79 Å². The molecule has 0 saturated carbocycles. The number of benzene rings is 4. The van der Waals surface area contributed by atoms with Gasteiger partial charge >= 0.3 is 6.09 Å². The van der Waals surface area contributed by atoms with Crippen molar-refractivity contribution in [2.45, 2.75) is 95.4 Å². The number of nitriles is 1. The van der Waals surface area contributed by atoms with E-state index < -0.39 is 30.0 Å². The third-order valence-corrected chi connectivity index (χ3v) is 15.1. The van der Waals surface area contributed by atoms with Gasteiger partial charge in [-0.2, -0.15) is 17.0 Å². The van der Waals surface area contributed by atoms with Gasteiger partial charge in [0.25, 0.3) is 0 Å². The number of fused-ring (bicyclic) bond motifs is 12. The molecule has 1 aliphatic carbocycles. The summed E-state index contributed by atoms with van der Waals surface area (Å²) in [5, 5.41) is 14.5. The van der Waals surface area contributed by atoms with Gasteiger partial charge in [0.05, 0.1) is 45.1 Å². The molecule has 4 aromatic rings. The molecule has 14 nitrogen and oxygen atoms in total. The third-order valence-electron chi connectivity index (χ3n) is 14.0. The Morgan fingerprint density at radius 2 is 1.70 bits per heavy atom. The summed E-state index contributed by atoms with van der Waals surface area (Å²) in [4.78, 5) is 18.3. The van der Waals surface area contributed by atoms with Crippen molar-refractivity contribution >= 4 is 17.9 Å². The van der Waals surface area contributed by atoms with Crippen molar-refractivity contribution in [1.82, 2.24) is 15.1 Å². The number of rotatable bonds is 18. The van der Waals surface area contributed by atoms with E-state index in [1.807, 2.05) is 34.6 Å². The van der Waals surface area contributed by atoms with Crippen LogP contribution in [0.2, 0.25) is 0 Å². The number of carbonyl (C=O) groups is 1. The van der Waals surface area contributed by atoms with Gasteiger partial charge in [0, 0.05) is 58.9 Å². The van der Waals surface area contributed by atoms with E-state index in [0.29, 0.717) is 60.6 Å². The lowest BCUT2D eigenvalue weighted by atomic mass is 9.71. The predicted octanol–water partition coefficient (Wildman–Crippen LogP) is 8.79. The van der Waals surface area contributed by atoms with Gasteiger partial charge in [-0.3, -0.25) is 15.1 Å². The number of ether oxygens (including phenoxy) is 9. The number of aryl methyl sites for hydroxylation is 1. The minimum absolute atomic E-state index is 0.00396. The summed E-state index contributed by atoms with van der Waals surface area (Å²) in [5.41, 5.74) is 9.99. The summed E-state index contributed by atoms with van der Waals surface area (Å²) in [6, 6.07) is 20.2. The molecule has 0 aromatic heterocycles. The zero-order valence-corrected chi connectivity index (χ0v) is 41.7. The maximum absolute atomic E-state index is 13.7. The molecule has 1 N–H and O–H groups in total. The molecule has 366 valence electrons. The van der Waals surface area contributed by atoms with Crippen molar-refractivity contribution in [2.75, 3.05) is 72.8 Å². The van der Waals surface area contributed by atoms with Crippen LogP contribution >= 0.6 is 11.8 Å². The van der Waals surface area contributed by atoms with E-state index in [9.17, 15) is 10.1 Å². The Morgan fingerprint density at radius 1 is 0.971 bits per heavy atom. The molecule has 9 rings (SSSR count). The molecule has 69 heavy (non-hydrogen) atoms. The van der Waals surface area contributed by atoms with Crippen LogP contribution < -0.4 is 29.0 Å². The highest BCUT2D eigenvalue weighted by Crippen LogP contribution is 2.59. The van der Waals surface area contributed by atoms with Crippen LogP contribution in [0.3, 0.4) is 0 Å². The highest BCUT2D eigenvalue weighted by Gasteiger charge is 2.57. The van der Waals surface area contributed by atoms with Gasteiger partial charge in [-0.05, 0) is 87.9 Å². The second-order valence-corrected chi connectivity index (χ2v) is 20.3. The van der Waals surface area contributed by atoms with E-state index >= 15 is 0 Å². The Hall–Kier alpha value is -5.47. The number of nitrogens with one attached hydrogen (secondary N) is 1. The van der Waals surface area contributed by atoms with Crippen LogP contribution in [0.25, 0.3) is 11.1 Å². The molecule has 5 aliphatic rings. The van der Waals surface area contributed by atoms with Crippen molar-refractivity contribution in [3.8, 4) is 45.9 Å². The summed E-state index contributed by atoms with van der Waals surface area (Å²) in [6.45, 7) is 14.7. The fourth-order valence-corrected chi connectivity index (χ4v) is 12.4. The average molecular weight is 961 g/mol. The van der Waals surface area contributed by atoms with E-state index in [1.165, 1.54) is 22.3 Å². The summed E-state index contributed by atoms with van der Waals surface area (Å²) in [7, 11) is 5.40. The maximum atomic E-state index is 13.7. The van der Waals surface area contributed by atoms with Crippen LogP contribution in [0.5, 0.6) is 28.7 Å². The van der Waals surface area contributed by atoms with E-state index in [1.54, 1.807) is 32.1 Å². The second-order valence-electron chi connectivity index (χ2n) is 19.2. The Labute approximate surface area is 410 Å². The lowest BCUT2D eigenvalue weighted by molar-refractivity contribution is -0.0981. The number of hydrogen-bond donors (Lipinski definition) is 1. The standard InChI is InChI=1S/C54H64N4O10S/c1-10-19-63-49-32(3)50-52(67-30-66-50)46-38(49)24-41-47-45-33(22-31(2)48(61-9)51(45)65-29-62-21-20-60-8)23-40(57(47)7)42(25-55)58(41)43(46)26-64-44(56-53(59)68-54(4,5)6)28-69-27-39-36-17-13-11-15-34(36)35-16-12-14-18-37(35)39/h10-18,22,39-44,47H,1,19-21,23-24,26-30H2,2-9H3,(H,56,59)/t40-,41?,42-,43-,44?,47-/m0/s1. The zero-order valence-electron chi connectivity index (χ0n) is 40.9. The average Bonchev–Trinajstić information content (AvgIpc) is 3.94. The normalized spacial score (nSPS) is 21.5. The van der Waals surface area contributed by atoms with E-state index in [4.69, 9.17) is 42.6 Å². The number of piperazine rings is 1. The second kappa shape index (κ2) is 20.5. The topological polar surface area (TPSA) is 142 Å². The minimum Gasteiger partial charge on any atom is -0.493 e. The lowest BCUT2D eigenvalue weighted by Crippen LogP contribution is -2.68. The number of carbonyl (C=O) groups excluding carboxylic acids is 1. The summed E-state index contributed by atoms with van der Waals surface area (Å²) < 4.78 is 55.8. The number of alkyl carbamates (subject to hydrolysis) is 1. The molecule has 4 aromatic carbocycles. The van der Waals surface area contributed by atoms with Crippen LogP contribution in [0.1, 0.15) is 83.3 Å². The Balaban J connectivity index is 1.11. The molecule has 2 unspecified atom stereocenters. The number of nitrogens with zero attached hydrogens (tertiary/aromatic N) is 3. The molecule has 4 heterocycles. The molecule has 1 amide bonds. The Bertz CT molecular complexity index is 2570. The fraction of sp³-hybridized carbons (Fsp3) is 0.481. The number of thioether (sulfide) groups is 1. The molecule has 15 heteroatoms. The molecular formula is C54H64N4O10S. The van der Waals surface area contributed by atoms with Gasteiger partial charge in [-0.25, -0.2) is 4.79 Å². The van der Waals surface area contributed by atoms with Gasteiger partial charge in [0.1, 0.15) is 30.2 Å². The molecule has 0 radical (unpaired) electrons. The Morgan fingerprint density at radius 3 is 2.38 bits per heavy atom. The molecule has 1 fully saturated rings. The third kappa shape index (κ3) is 9.23. The molecule has 2 bridgehead atoms.